The number of carboxylic acids is 2. The van der Waals surface area contributed by atoms with Crippen LogP contribution in [0.25, 0.3) is 0 Å². The molecule has 18 heavy (non-hydrogen) atoms. The average molecular weight is 260 g/mol. The lowest BCUT2D eigenvalue weighted by atomic mass is 10.1. The van der Waals surface area contributed by atoms with E-state index in [9.17, 15) is 14.4 Å². The lowest BCUT2D eigenvalue weighted by Crippen LogP contribution is -2.50. The highest BCUT2D eigenvalue weighted by Crippen LogP contribution is 2.08. The van der Waals surface area contributed by atoms with E-state index in [0.717, 1.165) is 0 Å². The molecule has 104 valence electrons. The van der Waals surface area contributed by atoms with Gasteiger partial charge >= 0.3 is 18.0 Å². The molecule has 1 unspecified atom stereocenters. The normalized spacial score (nSPS) is 13.8. The van der Waals surface area contributed by atoms with E-state index in [0.29, 0.717) is 0 Å². The van der Waals surface area contributed by atoms with E-state index in [1.165, 1.54) is 4.90 Å². The quantitative estimate of drug-likeness (QED) is 0.648. The van der Waals surface area contributed by atoms with Crippen molar-refractivity contribution in [2.45, 2.75) is 39.3 Å². The molecule has 0 radical (unpaired) electrons. The SMILES string of the molecule is CC(C)C(C)N(C)C(=O)N[C@H](CC(=O)O)C(=O)O. The van der Waals surface area contributed by atoms with Crippen molar-refractivity contribution in [3.63, 3.8) is 0 Å². The second-order valence-electron chi connectivity index (χ2n) is 4.53. The zero-order valence-electron chi connectivity index (χ0n) is 11.0. The molecule has 2 atom stereocenters. The number of hydrogen-bond donors (Lipinski definition) is 3. The van der Waals surface area contributed by atoms with Crippen LogP contribution in [0.5, 0.6) is 0 Å². The van der Waals surface area contributed by atoms with Crippen molar-refractivity contribution in [2.75, 3.05) is 7.05 Å². The molecule has 0 aliphatic heterocycles. The number of rotatable bonds is 6. The highest BCUT2D eigenvalue weighted by Gasteiger charge is 2.26. The topological polar surface area (TPSA) is 107 Å². The first-order chi connectivity index (χ1) is 8.16. The molecular formula is C11H20N2O5. The highest BCUT2D eigenvalue weighted by molar-refractivity contribution is 5.86. The predicted octanol–water partition coefficient (Wildman–Crippen LogP) is 0.600. The van der Waals surface area contributed by atoms with E-state index in [2.05, 4.69) is 5.32 Å². The van der Waals surface area contributed by atoms with Crippen molar-refractivity contribution >= 4 is 18.0 Å². The van der Waals surface area contributed by atoms with E-state index < -0.39 is 30.4 Å². The Hall–Kier alpha value is -1.79. The third-order valence-electron chi connectivity index (χ3n) is 2.87. The monoisotopic (exact) mass is 260 g/mol. The Morgan fingerprint density at radius 2 is 1.67 bits per heavy atom. The third-order valence-corrected chi connectivity index (χ3v) is 2.87. The van der Waals surface area contributed by atoms with Crippen LogP contribution in [0.4, 0.5) is 4.79 Å². The fraction of sp³-hybridized carbons (Fsp3) is 0.727. The Kier molecular flexibility index (Phi) is 6.15. The Labute approximate surface area is 106 Å². The summed E-state index contributed by atoms with van der Waals surface area (Å²) in [6.07, 6.45) is -0.648. The summed E-state index contributed by atoms with van der Waals surface area (Å²) in [5.41, 5.74) is 0. The van der Waals surface area contributed by atoms with Gasteiger partial charge in [0.25, 0.3) is 0 Å². The summed E-state index contributed by atoms with van der Waals surface area (Å²) in [6, 6.07) is -2.09. The fourth-order valence-corrected chi connectivity index (χ4v) is 1.26. The van der Waals surface area contributed by atoms with Crippen LogP contribution in [0.1, 0.15) is 27.2 Å². The molecule has 0 bridgehead atoms. The van der Waals surface area contributed by atoms with Gasteiger partial charge in [-0.05, 0) is 12.8 Å². The second-order valence-corrected chi connectivity index (χ2v) is 4.53. The van der Waals surface area contributed by atoms with Crippen LogP contribution in [-0.4, -0.2) is 52.2 Å². The number of nitrogens with zero attached hydrogens (tertiary/aromatic N) is 1. The molecule has 0 spiro atoms. The summed E-state index contributed by atoms with van der Waals surface area (Å²) < 4.78 is 0. The molecule has 0 aromatic rings. The number of carboxylic acid groups (broad SMARTS) is 2. The Morgan fingerprint density at radius 1 is 1.17 bits per heavy atom. The molecule has 0 aliphatic rings. The van der Waals surface area contributed by atoms with Crippen LogP contribution in [0.15, 0.2) is 0 Å². The lowest BCUT2D eigenvalue weighted by Gasteiger charge is -2.29. The summed E-state index contributed by atoms with van der Waals surface area (Å²) in [5, 5.41) is 19.5. The van der Waals surface area contributed by atoms with Gasteiger partial charge in [0.1, 0.15) is 6.04 Å². The van der Waals surface area contributed by atoms with Crippen LogP contribution < -0.4 is 5.32 Å². The van der Waals surface area contributed by atoms with Crippen molar-refractivity contribution in [3.05, 3.63) is 0 Å². The fourth-order valence-electron chi connectivity index (χ4n) is 1.26. The molecule has 7 nitrogen and oxygen atoms in total. The predicted molar refractivity (Wildman–Crippen MR) is 64.3 cm³/mol. The van der Waals surface area contributed by atoms with Crippen LogP contribution in [-0.2, 0) is 9.59 Å². The molecule has 0 aliphatic carbocycles. The van der Waals surface area contributed by atoms with Gasteiger partial charge < -0.3 is 20.4 Å². The molecule has 0 aromatic heterocycles. The number of nitrogens with one attached hydrogen (secondary N) is 1. The number of amides is 2. The van der Waals surface area contributed by atoms with Crippen molar-refractivity contribution in [3.8, 4) is 0 Å². The van der Waals surface area contributed by atoms with E-state index in [-0.39, 0.29) is 12.0 Å². The first kappa shape index (κ1) is 16.2. The Balaban J connectivity index is 4.60. The van der Waals surface area contributed by atoms with Gasteiger partial charge in [-0.2, -0.15) is 0 Å². The molecule has 3 N–H and O–H groups in total. The smallest absolute Gasteiger partial charge is 0.326 e. The molecule has 0 saturated heterocycles. The van der Waals surface area contributed by atoms with Crippen LogP contribution in [0.2, 0.25) is 0 Å². The maximum absolute atomic E-state index is 11.7. The molecule has 0 rings (SSSR count). The Morgan fingerprint density at radius 3 is 2.00 bits per heavy atom. The Bertz CT molecular complexity index is 329. The standard InChI is InChI=1S/C11H20N2O5/c1-6(2)7(3)13(4)11(18)12-8(10(16)17)5-9(14)15/h6-8H,5H2,1-4H3,(H,12,18)(H,14,15)(H,16,17)/t7?,8-/m1/s1. The van der Waals surface area contributed by atoms with Gasteiger partial charge in [0, 0.05) is 13.1 Å². The summed E-state index contributed by atoms with van der Waals surface area (Å²) >= 11 is 0. The maximum Gasteiger partial charge on any atom is 0.326 e. The summed E-state index contributed by atoms with van der Waals surface area (Å²) in [6.45, 7) is 5.69. The highest BCUT2D eigenvalue weighted by atomic mass is 16.4. The van der Waals surface area contributed by atoms with Gasteiger partial charge in [0.15, 0.2) is 0 Å². The molecule has 0 heterocycles. The zero-order chi connectivity index (χ0) is 14.5. The second kappa shape index (κ2) is 6.83. The van der Waals surface area contributed by atoms with Crippen molar-refractivity contribution in [1.82, 2.24) is 10.2 Å². The largest absolute Gasteiger partial charge is 0.481 e. The van der Waals surface area contributed by atoms with Gasteiger partial charge in [0.05, 0.1) is 6.42 Å². The van der Waals surface area contributed by atoms with E-state index >= 15 is 0 Å². The number of hydrogen-bond acceptors (Lipinski definition) is 3. The lowest BCUT2D eigenvalue weighted by molar-refractivity contribution is -0.145. The van der Waals surface area contributed by atoms with E-state index in [1.54, 1.807) is 7.05 Å². The average Bonchev–Trinajstić information content (AvgIpc) is 2.24. The number of aliphatic carboxylic acids is 2. The number of carbonyl (C=O) groups excluding carboxylic acids is 1. The maximum atomic E-state index is 11.7. The summed E-state index contributed by atoms with van der Waals surface area (Å²) in [5.74, 6) is -2.43. The minimum Gasteiger partial charge on any atom is -0.481 e. The van der Waals surface area contributed by atoms with Gasteiger partial charge in [0.2, 0.25) is 0 Å². The van der Waals surface area contributed by atoms with Gasteiger partial charge in [-0.1, -0.05) is 13.8 Å². The van der Waals surface area contributed by atoms with E-state index in [4.69, 9.17) is 10.2 Å². The van der Waals surface area contributed by atoms with Gasteiger partial charge in [-0.25, -0.2) is 9.59 Å². The molecule has 2 amide bonds. The van der Waals surface area contributed by atoms with Crippen molar-refractivity contribution in [1.29, 1.82) is 0 Å². The van der Waals surface area contributed by atoms with E-state index in [1.807, 2.05) is 20.8 Å². The summed E-state index contributed by atoms with van der Waals surface area (Å²) in [4.78, 5) is 34.4. The van der Waals surface area contributed by atoms with Crippen LogP contribution >= 0.6 is 0 Å². The third kappa shape index (κ3) is 5.03. The van der Waals surface area contributed by atoms with Gasteiger partial charge in [-0.3, -0.25) is 4.79 Å². The first-order valence-electron chi connectivity index (χ1n) is 5.64. The minimum atomic E-state index is -1.42. The van der Waals surface area contributed by atoms with Gasteiger partial charge in [-0.15, -0.1) is 0 Å². The number of carbonyl (C=O) groups is 3. The molecular weight excluding hydrogens is 240 g/mol. The van der Waals surface area contributed by atoms with Crippen LogP contribution in [0.3, 0.4) is 0 Å². The van der Waals surface area contributed by atoms with Crippen molar-refractivity contribution in [2.24, 2.45) is 5.92 Å². The zero-order valence-corrected chi connectivity index (χ0v) is 11.0. The molecule has 0 saturated carbocycles. The van der Waals surface area contributed by atoms with Crippen LogP contribution in [0, 0.1) is 5.92 Å². The summed E-state index contributed by atoms with van der Waals surface area (Å²) in [7, 11) is 1.54. The minimum absolute atomic E-state index is 0.0794. The van der Waals surface area contributed by atoms with Crippen molar-refractivity contribution < 1.29 is 24.6 Å². The molecule has 7 heteroatoms. The molecule has 0 aromatic carbocycles. The molecule has 0 fully saturated rings. The number of urea groups is 1. The first-order valence-corrected chi connectivity index (χ1v) is 5.64.